The van der Waals surface area contributed by atoms with Crippen molar-refractivity contribution in [2.24, 2.45) is 5.92 Å². The Kier molecular flexibility index (Phi) is 6.31. The zero-order chi connectivity index (χ0) is 23.8. The highest BCUT2D eigenvalue weighted by Crippen LogP contribution is 2.41. The monoisotopic (exact) mass is 470 g/mol. The highest BCUT2D eigenvalue weighted by Gasteiger charge is 2.40. The van der Waals surface area contributed by atoms with E-state index in [1.165, 1.54) is 9.87 Å². The minimum Gasteiger partial charge on any atom is -0.361 e. The van der Waals surface area contributed by atoms with Gasteiger partial charge in [-0.1, -0.05) is 32.9 Å². The maximum absolute atomic E-state index is 13.7. The molecule has 1 spiro atoms. The fourth-order valence-corrected chi connectivity index (χ4v) is 6.25. The number of benzene rings is 2. The van der Waals surface area contributed by atoms with Crippen LogP contribution in [0.1, 0.15) is 46.1 Å². The molecule has 178 valence electrons. The summed E-state index contributed by atoms with van der Waals surface area (Å²) >= 11 is 0. The zero-order valence-electron chi connectivity index (χ0n) is 19.9. The molecule has 2 aliphatic rings. The van der Waals surface area contributed by atoms with Crippen molar-refractivity contribution in [1.29, 1.82) is 0 Å². The molecule has 1 fully saturated rings. The average molecular weight is 471 g/mol. The summed E-state index contributed by atoms with van der Waals surface area (Å²) in [6, 6.07) is 13.0. The van der Waals surface area contributed by atoms with E-state index in [0.717, 1.165) is 30.6 Å². The Bertz CT molecular complexity index is 1120. The van der Waals surface area contributed by atoms with Crippen molar-refractivity contribution in [2.45, 2.75) is 57.5 Å². The number of hydrogen-bond donors (Lipinski definition) is 2. The van der Waals surface area contributed by atoms with Gasteiger partial charge in [-0.05, 0) is 48.2 Å². The normalized spacial score (nSPS) is 16.9. The van der Waals surface area contributed by atoms with Crippen LogP contribution in [-0.2, 0) is 21.2 Å². The van der Waals surface area contributed by atoms with E-state index in [1.807, 2.05) is 49.1 Å². The number of amides is 1. The molecule has 0 aliphatic carbocycles. The van der Waals surface area contributed by atoms with E-state index in [2.05, 4.69) is 17.6 Å². The Hall–Kier alpha value is -2.74. The van der Waals surface area contributed by atoms with Gasteiger partial charge in [0.15, 0.2) is 0 Å². The highest BCUT2D eigenvalue weighted by atomic mass is 32.2. The predicted molar refractivity (Wildman–Crippen MR) is 133 cm³/mol. The summed E-state index contributed by atoms with van der Waals surface area (Å²) in [6.07, 6.45) is 2.42. The molecule has 0 atom stereocenters. The Balaban J connectivity index is 1.60. The summed E-state index contributed by atoms with van der Waals surface area (Å²) in [7, 11) is -3.74. The van der Waals surface area contributed by atoms with E-state index in [0.29, 0.717) is 25.3 Å². The molecule has 1 amide bonds. The number of piperidine rings is 1. The van der Waals surface area contributed by atoms with E-state index < -0.39 is 10.0 Å². The van der Waals surface area contributed by atoms with Crippen LogP contribution in [0.4, 0.5) is 17.1 Å². The predicted octanol–water partition coefficient (Wildman–Crippen LogP) is 4.28. The molecule has 0 aromatic heterocycles. The smallest absolute Gasteiger partial charge is 0.264 e. The Morgan fingerprint density at radius 3 is 2.27 bits per heavy atom. The number of carbonyl (C=O) groups excluding carboxylic acids is 1. The van der Waals surface area contributed by atoms with Gasteiger partial charge >= 0.3 is 0 Å². The maximum Gasteiger partial charge on any atom is 0.264 e. The van der Waals surface area contributed by atoms with Crippen LogP contribution < -0.4 is 14.9 Å². The summed E-state index contributed by atoms with van der Waals surface area (Å²) in [5.41, 5.74) is 3.20. The first-order valence-corrected chi connectivity index (χ1v) is 13.2. The van der Waals surface area contributed by atoms with Crippen molar-refractivity contribution in [2.75, 3.05) is 34.6 Å². The van der Waals surface area contributed by atoms with Crippen molar-refractivity contribution in [1.82, 2.24) is 4.90 Å². The van der Waals surface area contributed by atoms with Gasteiger partial charge in [-0.2, -0.15) is 0 Å². The summed E-state index contributed by atoms with van der Waals surface area (Å²) in [6.45, 7) is 9.47. The van der Waals surface area contributed by atoms with Crippen LogP contribution in [-0.4, -0.2) is 44.5 Å². The molecule has 0 unspecified atom stereocenters. The number of rotatable bonds is 6. The van der Waals surface area contributed by atoms with Crippen LogP contribution in [0.5, 0.6) is 0 Å². The van der Waals surface area contributed by atoms with Gasteiger partial charge in [0.25, 0.3) is 10.0 Å². The molecule has 7 nitrogen and oxygen atoms in total. The minimum atomic E-state index is -3.74. The molecule has 1 saturated heterocycles. The standard InChI is InChI=1S/C25H34N4O3S/c1-5-20-6-8-21(9-7-20)29(17-18(2)3)33(31,32)22-10-11-23-24(16-22)27-25(26-23)12-14-28(15-13-25)19(4)30/h6-11,16,18,26-27H,5,12-15,17H2,1-4H3. The topological polar surface area (TPSA) is 81.8 Å². The molecule has 2 aliphatic heterocycles. The summed E-state index contributed by atoms with van der Waals surface area (Å²) in [4.78, 5) is 13.8. The maximum atomic E-state index is 13.7. The fourth-order valence-electron chi connectivity index (χ4n) is 4.60. The van der Waals surface area contributed by atoms with Gasteiger partial charge in [-0.3, -0.25) is 9.10 Å². The fraction of sp³-hybridized carbons (Fsp3) is 0.480. The number of anilines is 3. The van der Waals surface area contributed by atoms with E-state index >= 15 is 0 Å². The SMILES string of the molecule is CCc1ccc(N(CC(C)C)S(=O)(=O)c2ccc3c(c2)NC2(CCN(C(C)=O)CC2)N3)cc1. The lowest BCUT2D eigenvalue weighted by molar-refractivity contribution is -0.130. The van der Waals surface area contributed by atoms with E-state index in [-0.39, 0.29) is 22.4 Å². The largest absolute Gasteiger partial charge is 0.361 e. The molecule has 2 N–H and O–H groups in total. The van der Waals surface area contributed by atoms with Gasteiger partial charge in [0, 0.05) is 39.4 Å². The third kappa shape index (κ3) is 4.67. The lowest BCUT2D eigenvalue weighted by Gasteiger charge is -2.39. The first-order chi connectivity index (χ1) is 15.6. The van der Waals surface area contributed by atoms with Gasteiger partial charge in [0.2, 0.25) is 5.91 Å². The number of carbonyl (C=O) groups is 1. The van der Waals surface area contributed by atoms with Gasteiger partial charge in [0.05, 0.1) is 22.0 Å². The van der Waals surface area contributed by atoms with E-state index in [1.54, 1.807) is 19.1 Å². The zero-order valence-corrected chi connectivity index (χ0v) is 20.7. The van der Waals surface area contributed by atoms with Crippen molar-refractivity contribution in [3.05, 3.63) is 48.0 Å². The molecule has 2 aromatic rings. The van der Waals surface area contributed by atoms with Crippen LogP contribution in [0.25, 0.3) is 0 Å². The van der Waals surface area contributed by atoms with E-state index in [9.17, 15) is 13.2 Å². The Morgan fingerprint density at radius 1 is 1.06 bits per heavy atom. The second-order valence-electron chi connectivity index (χ2n) is 9.50. The van der Waals surface area contributed by atoms with Crippen LogP contribution in [0.3, 0.4) is 0 Å². The van der Waals surface area contributed by atoms with Gasteiger partial charge in [0.1, 0.15) is 5.66 Å². The Labute approximate surface area is 197 Å². The molecule has 0 radical (unpaired) electrons. The number of nitrogens with zero attached hydrogens (tertiary/aromatic N) is 2. The summed E-state index contributed by atoms with van der Waals surface area (Å²) < 4.78 is 29.0. The van der Waals surface area contributed by atoms with Crippen molar-refractivity contribution in [3.63, 3.8) is 0 Å². The van der Waals surface area contributed by atoms with Crippen molar-refractivity contribution in [3.8, 4) is 0 Å². The average Bonchev–Trinajstić information content (AvgIpc) is 3.14. The molecule has 2 aromatic carbocycles. The van der Waals surface area contributed by atoms with E-state index in [4.69, 9.17) is 0 Å². The molecule has 0 saturated carbocycles. The molecule has 4 rings (SSSR count). The van der Waals surface area contributed by atoms with Crippen LogP contribution >= 0.6 is 0 Å². The first-order valence-electron chi connectivity index (χ1n) is 11.7. The number of hydrogen-bond acceptors (Lipinski definition) is 5. The molecule has 0 bridgehead atoms. The summed E-state index contributed by atoms with van der Waals surface area (Å²) in [5.74, 6) is 0.264. The summed E-state index contributed by atoms with van der Waals surface area (Å²) in [5, 5.41) is 7.06. The quantitative estimate of drug-likeness (QED) is 0.659. The second-order valence-corrected chi connectivity index (χ2v) is 11.4. The molecule has 2 heterocycles. The molecular weight excluding hydrogens is 436 g/mol. The van der Waals surface area contributed by atoms with Crippen LogP contribution in [0, 0.1) is 5.92 Å². The lowest BCUT2D eigenvalue weighted by Crippen LogP contribution is -2.52. The molecule has 33 heavy (non-hydrogen) atoms. The van der Waals surface area contributed by atoms with Gasteiger partial charge in [-0.25, -0.2) is 8.42 Å². The van der Waals surface area contributed by atoms with Gasteiger partial charge in [-0.15, -0.1) is 0 Å². The molecular formula is C25H34N4O3S. The van der Waals surface area contributed by atoms with Crippen molar-refractivity contribution < 1.29 is 13.2 Å². The number of sulfonamides is 1. The lowest BCUT2D eigenvalue weighted by atomic mass is 9.97. The second kappa shape index (κ2) is 8.89. The van der Waals surface area contributed by atoms with Crippen molar-refractivity contribution >= 4 is 33.0 Å². The third-order valence-corrected chi connectivity index (χ3v) is 8.34. The number of aryl methyl sites for hydroxylation is 1. The number of fused-ring (bicyclic) bond motifs is 1. The third-order valence-electron chi connectivity index (χ3n) is 6.55. The van der Waals surface area contributed by atoms with Crippen LogP contribution in [0.2, 0.25) is 0 Å². The molecule has 8 heteroatoms. The Morgan fingerprint density at radius 2 is 1.70 bits per heavy atom. The number of likely N-dealkylation sites (tertiary alicyclic amines) is 1. The highest BCUT2D eigenvalue weighted by molar-refractivity contribution is 7.92. The first kappa shape index (κ1) is 23.4. The van der Waals surface area contributed by atoms with Crippen LogP contribution in [0.15, 0.2) is 47.4 Å². The number of nitrogens with one attached hydrogen (secondary N) is 2. The minimum absolute atomic E-state index is 0.0888. The van der Waals surface area contributed by atoms with Gasteiger partial charge < -0.3 is 15.5 Å².